The molecule has 0 saturated heterocycles. The lowest BCUT2D eigenvalue weighted by Crippen LogP contribution is -2.24. The Morgan fingerprint density at radius 1 is 0.946 bits per heavy atom. The van der Waals surface area contributed by atoms with Gasteiger partial charge >= 0.3 is 6.18 Å². The lowest BCUT2D eigenvalue weighted by atomic mass is 10.1. The topological polar surface area (TPSA) is 78.3 Å². The molecule has 0 aliphatic rings. The van der Waals surface area contributed by atoms with Crippen LogP contribution in [0, 0.1) is 0 Å². The molecule has 37 heavy (non-hydrogen) atoms. The van der Waals surface area contributed by atoms with E-state index < -0.39 is 11.7 Å². The second-order valence-electron chi connectivity index (χ2n) is 7.81. The van der Waals surface area contributed by atoms with Crippen LogP contribution in [0.4, 0.5) is 13.2 Å². The van der Waals surface area contributed by atoms with Crippen molar-refractivity contribution in [3.63, 3.8) is 0 Å². The molecule has 3 aromatic carbocycles. The molecule has 0 aliphatic heterocycles. The third-order valence-corrected chi connectivity index (χ3v) is 6.42. The smallest absolute Gasteiger partial charge is 0.416 e. The number of amides is 1. The number of benzene rings is 3. The summed E-state index contributed by atoms with van der Waals surface area (Å²) in [6, 6.07) is 19.3. The summed E-state index contributed by atoms with van der Waals surface area (Å²) in [5, 5.41) is 11.9. The van der Waals surface area contributed by atoms with Gasteiger partial charge in [0.1, 0.15) is 0 Å². The first-order valence-corrected chi connectivity index (χ1v) is 12.1. The fourth-order valence-electron chi connectivity index (χ4n) is 3.52. The highest BCUT2D eigenvalue weighted by atomic mass is 32.2. The van der Waals surface area contributed by atoms with E-state index >= 15 is 0 Å². The minimum atomic E-state index is -4.38. The molecule has 1 aromatic heterocycles. The van der Waals surface area contributed by atoms with Crippen molar-refractivity contribution in [3.05, 3.63) is 95.3 Å². The van der Waals surface area contributed by atoms with Gasteiger partial charge in [-0.15, -0.1) is 10.2 Å². The summed E-state index contributed by atoms with van der Waals surface area (Å²) in [6.07, 6.45) is -4.38. The van der Waals surface area contributed by atoms with Crippen LogP contribution < -0.4 is 14.8 Å². The van der Waals surface area contributed by atoms with E-state index in [-0.39, 0.29) is 12.5 Å². The van der Waals surface area contributed by atoms with Crippen LogP contribution in [0.2, 0.25) is 0 Å². The molecule has 0 fully saturated rings. The average Bonchev–Trinajstić information content (AvgIpc) is 3.33. The highest BCUT2D eigenvalue weighted by Gasteiger charge is 2.30. The summed E-state index contributed by atoms with van der Waals surface area (Å²) in [4.78, 5) is 12.8. The van der Waals surface area contributed by atoms with E-state index in [2.05, 4.69) is 15.5 Å². The molecule has 0 saturated carbocycles. The van der Waals surface area contributed by atoms with E-state index in [1.165, 1.54) is 38.1 Å². The van der Waals surface area contributed by atoms with Gasteiger partial charge in [-0.3, -0.25) is 9.36 Å². The predicted molar refractivity (Wildman–Crippen MR) is 133 cm³/mol. The van der Waals surface area contributed by atoms with Gasteiger partial charge in [0.15, 0.2) is 22.5 Å². The van der Waals surface area contributed by atoms with Crippen LogP contribution in [0.3, 0.4) is 0 Å². The van der Waals surface area contributed by atoms with Gasteiger partial charge in [0, 0.05) is 17.0 Å². The lowest BCUT2D eigenvalue weighted by Gasteiger charge is -2.12. The second-order valence-corrected chi connectivity index (χ2v) is 8.75. The van der Waals surface area contributed by atoms with E-state index in [9.17, 15) is 18.0 Å². The first-order valence-electron chi connectivity index (χ1n) is 11.1. The number of rotatable bonds is 9. The Kier molecular flexibility index (Phi) is 8.02. The van der Waals surface area contributed by atoms with Gasteiger partial charge in [0.2, 0.25) is 0 Å². The molecule has 11 heteroatoms. The number of methoxy groups -OCH3 is 2. The van der Waals surface area contributed by atoms with Gasteiger partial charge in [-0.2, -0.15) is 13.2 Å². The molecule has 192 valence electrons. The number of hydrogen-bond donors (Lipinski definition) is 1. The van der Waals surface area contributed by atoms with E-state index in [4.69, 9.17) is 9.47 Å². The number of ether oxygens (including phenoxy) is 2. The molecule has 0 bridgehead atoms. The van der Waals surface area contributed by atoms with Crippen molar-refractivity contribution in [2.75, 3.05) is 14.2 Å². The molecule has 0 aliphatic carbocycles. The number of halogens is 3. The molecule has 0 atom stereocenters. The molecule has 1 heterocycles. The summed E-state index contributed by atoms with van der Waals surface area (Å²) < 4.78 is 50.9. The Morgan fingerprint density at radius 3 is 2.30 bits per heavy atom. The highest BCUT2D eigenvalue weighted by Crippen LogP contribution is 2.31. The summed E-state index contributed by atoms with van der Waals surface area (Å²) in [6.45, 7) is 0.0932. The van der Waals surface area contributed by atoms with Gasteiger partial charge in [0.05, 0.1) is 26.3 Å². The molecule has 1 amide bonds. The molecule has 4 aromatic rings. The molecule has 4 rings (SSSR count). The molecule has 0 unspecified atom stereocenters. The fraction of sp³-hybridized carbons (Fsp3) is 0.192. The van der Waals surface area contributed by atoms with Crippen molar-refractivity contribution in [3.8, 4) is 17.2 Å². The van der Waals surface area contributed by atoms with Gasteiger partial charge in [0.25, 0.3) is 5.91 Å². The van der Waals surface area contributed by atoms with Gasteiger partial charge in [-0.1, -0.05) is 42.1 Å². The number of nitrogens with one attached hydrogen (secondary N) is 1. The molecule has 1 N–H and O–H groups in total. The minimum Gasteiger partial charge on any atom is -0.493 e. The van der Waals surface area contributed by atoms with Crippen LogP contribution in [-0.2, 0) is 18.5 Å². The number of para-hydroxylation sites is 1. The minimum absolute atomic E-state index is 0.0932. The van der Waals surface area contributed by atoms with Gasteiger partial charge in [-0.25, -0.2) is 0 Å². The van der Waals surface area contributed by atoms with Crippen molar-refractivity contribution < 1.29 is 27.4 Å². The second kappa shape index (κ2) is 11.4. The quantitative estimate of drug-likeness (QED) is 0.288. The number of alkyl halides is 3. The summed E-state index contributed by atoms with van der Waals surface area (Å²) >= 11 is 1.33. The van der Waals surface area contributed by atoms with Crippen LogP contribution in [0.5, 0.6) is 11.5 Å². The van der Waals surface area contributed by atoms with Crippen LogP contribution in [0.1, 0.15) is 27.3 Å². The lowest BCUT2D eigenvalue weighted by molar-refractivity contribution is -0.137. The van der Waals surface area contributed by atoms with Crippen LogP contribution in [0.15, 0.2) is 78.0 Å². The first-order chi connectivity index (χ1) is 17.8. The van der Waals surface area contributed by atoms with Crippen molar-refractivity contribution in [2.45, 2.75) is 23.6 Å². The maximum absolute atomic E-state index is 12.9. The van der Waals surface area contributed by atoms with Crippen molar-refractivity contribution in [1.29, 1.82) is 0 Å². The van der Waals surface area contributed by atoms with Crippen LogP contribution in [-0.4, -0.2) is 34.9 Å². The molecule has 0 spiro atoms. The normalized spacial score (nSPS) is 11.3. The van der Waals surface area contributed by atoms with Gasteiger partial charge < -0.3 is 14.8 Å². The predicted octanol–water partition coefficient (Wildman–Crippen LogP) is 5.53. The third kappa shape index (κ3) is 6.23. The number of carbonyl (C=O) groups is 1. The molecule has 7 nitrogen and oxygen atoms in total. The average molecular weight is 529 g/mol. The SMILES string of the molecule is COc1ccc(C(=O)NCc2nnc(SCc3ccc(C(F)(F)F)cc3)n2-c2ccccc2)cc1OC. The van der Waals surface area contributed by atoms with Crippen molar-refractivity contribution in [2.24, 2.45) is 0 Å². The Hall–Kier alpha value is -3.99. The fourth-order valence-corrected chi connectivity index (χ4v) is 4.45. The molecular formula is C26H23F3N4O3S. The zero-order chi connectivity index (χ0) is 26.4. The maximum atomic E-state index is 12.9. The number of aromatic nitrogens is 3. The Bertz CT molecular complexity index is 1360. The number of carbonyl (C=O) groups excluding carboxylic acids is 1. The largest absolute Gasteiger partial charge is 0.493 e. The van der Waals surface area contributed by atoms with Crippen molar-refractivity contribution >= 4 is 17.7 Å². The Balaban J connectivity index is 1.52. The van der Waals surface area contributed by atoms with E-state index in [0.29, 0.717) is 39.4 Å². The third-order valence-electron chi connectivity index (χ3n) is 5.42. The van der Waals surface area contributed by atoms with Crippen LogP contribution >= 0.6 is 11.8 Å². The number of hydrogen-bond acceptors (Lipinski definition) is 6. The Labute approximate surface area is 215 Å². The van der Waals surface area contributed by atoms with Crippen molar-refractivity contribution in [1.82, 2.24) is 20.1 Å². The van der Waals surface area contributed by atoms with Gasteiger partial charge in [-0.05, 0) is 48.0 Å². The monoisotopic (exact) mass is 528 g/mol. The molecular weight excluding hydrogens is 505 g/mol. The van der Waals surface area contributed by atoms with E-state index in [0.717, 1.165) is 17.8 Å². The zero-order valence-corrected chi connectivity index (χ0v) is 20.8. The summed E-state index contributed by atoms with van der Waals surface area (Å²) in [7, 11) is 3.01. The number of nitrogens with zero attached hydrogens (tertiary/aromatic N) is 3. The maximum Gasteiger partial charge on any atom is 0.416 e. The summed E-state index contributed by atoms with van der Waals surface area (Å²) in [5.74, 6) is 1.50. The van der Waals surface area contributed by atoms with E-state index in [1.807, 2.05) is 34.9 Å². The zero-order valence-electron chi connectivity index (χ0n) is 20.0. The number of thioether (sulfide) groups is 1. The first kappa shape index (κ1) is 26.1. The standard InChI is InChI=1S/C26H23F3N4O3S/c1-35-21-13-10-18(14-22(21)36-2)24(34)30-15-23-31-32-25(33(23)20-6-4-3-5-7-20)37-16-17-8-11-19(12-9-17)26(27,28)29/h3-14H,15-16H2,1-2H3,(H,30,34). The highest BCUT2D eigenvalue weighted by molar-refractivity contribution is 7.98. The Morgan fingerprint density at radius 2 is 1.65 bits per heavy atom. The molecule has 0 radical (unpaired) electrons. The summed E-state index contributed by atoms with van der Waals surface area (Å²) in [5.41, 5.74) is 1.20. The van der Waals surface area contributed by atoms with E-state index in [1.54, 1.807) is 18.2 Å². The van der Waals surface area contributed by atoms with Crippen LogP contribution in [0.25, 0.3) is 5.69 Å².